The van der Waals surface area contributed by atoms with E-state index >= 15 is 0 Å². The molecule has 0 spiro atoms. The van der Waals surface area contributed by atoms with Gasteiger partial charge in [-0.1, -0.05) is 6.07 Å². The van der Waals surface area contributed by atoms with Crippen molar-refractivity contribution in [3.05, 3.63) is 58.9 Å². The maximum absolute atomic E-state index is 12.3. The first-order valence-electron chi connectivity index (χ1n) is 8.21. The number of aromatic nitrogens is 2. The molecule has 3 aromatic rings. The number of benzene rings is 1. The topological polar surface area (TPSA) is 73.3 Å². The summed E-state index contributed by atoms with van der Waals surface area (Å²) in [4.78, 5) is 21.9. The van der Waals surface area contributed by atoms with Gasteiger partial charge in [0.1, 0.15) is 5.01 Å². The molecule has 0 fully saturated rings. The van der Waals surface area contributed by atoms with E-state index in [1.54, 1.807) is 23.7 Å². The number of rotatable bonds is 5. The van der Waals surface area contributed by atoms with Gasteiger partial charge in [0.25, 0.3) is 0 Å². The maximum atomic E-state index is 12.3. The van der Waals surface area contributed by atoms with Crippen LogP contribution in [0.2, 0.25) is 0 Å². The lowest BCUT2D eigenvalue weighted by Crippen LogP contribution is -2.24. The van der Waals surface area contributed by atoms with Crippen LogP contribution in [0.15, 0.2) is 42.7 Å². The third kappa shape index (κ3) is 3.52. The van der Waals surface area contributed by atoms with Gasteiger partial charge in [0.05, 0.1) is 12.1 Å². The molecule has 3 heterocycles. The largest absolute Gasteiger partial charge is 0.454 e. The minimum atomic E-state index is -0.0318. The van der Waals surface area contributed by atoms with Gasteiger partial charge >= 0.3 is 0 Å². The molecule has 132 valence electrons. The molecule has 1 amide bonds. The van der Waals surface area contributed by atoms with Crippen molar-refractivity contribution in [3.8, 4) is 22.1 Å². The first-order chi connectivity index (χ1) is 12.7. The molecule has 4 rings (SSSR count). The summed E-state index contributed by atoms with van der Waals surface area (Å²) in [6, 6.07) is 9.51. The molecule has 0 bridgehead atoms. The highest BCUT2D eigenvalue weighted by Gasteiger charge is 2.15. The van der Waals surface area contributed by atoms with Crippen LogP contribution in [-0.4, -0.2) is 22.7 Å². The van der Waals surface area contributed by atoms with Gasteiger partial charge in [-0.25, -0.2) is 4.98 Å². The van der Waals surface area contributed by atoms with Crippen molar-refractivity contribution in [2.45, 2.75) is 19.9 Å². The van der Waals surface area contributed by atoms with Gasteiger partial charge in [0.15, 0.2) is 11.5 Å². The molecule has 0 saturated heterocycles. The second-order valence-corrected chi connectivity index (χ2v) is 6.99. The van der Waals surface area contributed by atoms with Crippen LogP contribution in [-0.2, 0) is 17.8 Å². The fourth-order valence-corrected chi connectivity index (χ4v) is 3.74. The number of nitrogens with one attached hydrogen (secondary N) is 1. The molecule has 7 heteroatoms. The van der Waals surface area contributed by atoms with E-state index < -0.39 is 0 Å². The summed E-state index contributed by atoms with van der Waals surface area (Å²) in [5, 5.41) is 3.85. The average molecular weight is 367 g/mol. The van der Waals surface area contributed by atoms with E-state index in [4.69, 9.17) is 9.47 Å². The molecule has 0 radical (unpaired) electrons. The molecule has 1 aliphatic rings. The summed E-state index contributed by atoms with van der Waals surface area (Å²) in [5.41, 5.74) is 2.88. The minimum absolute atomic E-state index is 0.0318. The summed E-state index contributed by atoms with van der Waals surface area (Å²) in [7, 11) is 0. The lowest BCUT2D eigenvalue weighted by Gasteiger charge is -2.06. The first-order valence-corrected chi connectivity index (χ1v) is 9.02. The second kappa shape index (κ2) is 7.13. The van der Waals surface area contributed by atoms with E-state index in [9.17, 15) is 4.79 Å². The summed E-state index contributed by atoms with van der Waals surface area (Å²) in [6.45, 7) is 2.63. The van der Waals surface area contributed by atoms with E-state index in [-0.39, 0.29) is 12.7 Å². The fourth-order valence-electron chi connectivity index (χ4n) is 2.67. The lowest BCUT2D eigenvalue weighted by molar-refractivity contribution is -0.120. The molecule has 1 N–H and O–H groups in total. The molecule has 0 atom stereocenters. The Hall–Kier alpha value is -2.93. The molecule has 2 aromatic heterocycles. The van der Waals surface area contributed by atoms with Crippen LogP contribution in [0.3, 0.4) is 0 Å². The number of carbonyl (C=O) groups excluding carboxylic acids is 1. The predicted octanol–water partition coefficient (Wildman–Crippen LogP) is 3.10. The van der Waals surface area contributed by atoms with Crippen molar-refractivity contribution in [2.75, 3.05) is 6.79 Å². The molecular weight excluding hydrogens is 350 g/mol. The Morgan fingerprint density at radius 1 is 1.19 bits per heavy atom. The molecular formula is C19H17N3O3S. The summed E-state index contributed by atoms with van der Waals surface area (Å²) < 4.78 is 10.6. The summed E-state index contributed by atoms with van der Waals surface area (Å²) in [6.07, 6.45) is 3.80. The predicted molar refractivity (Wildman–Crippen MR) is 98.2 cm³/mol. The minimum Gasteiger partial charge on any atom is -0.454 e. The van der Waals surface area contributed by atoms with Crippen molar-refractivity contribution in [3.63, 3.8) is 0 Å². The summed E-state index contributed by atoms with van der Waals surface area (Å²) >= 11 is 1.54. The Labute approximate surface area is 154 Å². The van der Waals surface area contributed by atoms with Crippen LogP contribution >= 0.6 is 11.3 Å². The number of pyridine rings is 1. The Morgan fingerprint density at radius 2 is 2.00 bits per heavy atom. The van der Waals surface area contributed by atoms with Crippen LogP contribution in [0.5, 0.6) is 11.5 Å². The number of nitrogens with zero attached hydrogens (tertiary/aromatic N) is 2. The van der Waals surface area contributed by atoms with Crippen LogP contribution in [0.1, 0.15) is 16.1 Å². The van der Waals surface area contributed by atoms with Crippen LogP contribution < -0.4 is 14.8 Å². The summed E-state index contributed by atoms with van der Waals surface area (Å²) in [5.74, 6) is 1.43. The highest BCUT2D eigenvalue weighted by Crippen LogP contribution is 2.32. The van der Waals surface area contributed by atoms with Crippen molar-refractivity contribution in [2.24, 2.45) is 0 Å². The van der Waals surface area contributed by atoms with Crippen LogP contribution in [0.4, 0.5) is 0 Å². The Balaban J connectivity index is 1.38. The maximum Gasteiger partial charge on any atom is 0.231 e. The number of hydrogen-bond acceptors (Lipinski definition) is 6. The van der Waals surface area contributed by atoms with Crippen molar-refractivity contribution in [1.82, 2.24) is 15.3 Å². The zero-order valence-electron chi connectivity index (χ0n) is 14.2. The van der Waals surface area contributed by atoms with Crippen molar-refractivity contribution >= 4 is 17.2 Å². The normalized spacial score (nSPS) is 12.2. The third-order valence-electron chi connectivity index (χ3n) is 4.07. The SMILES string of the molecule is Cc1nc(-c2ccncc2)sc1CC(=O)NCc1ccc2c(c1)OCO2. The van der Waals surface area contributed by atoms with E-state index in [2.05, 4.69) is 15.3 Å². The fraction of sp³-hybridized carbons (Fsp3) is 0.211. The van der Waals surface area contributed by atoms with Gasteiger partial charge in [-0.05, 0) is 36.8 Å². The molecule has 26 heavy (non-hydrogen) atoms. The molecule has 0 unspecified atom stereocenters. The first kappa shape index (κ1) is 16.5. The van der Waals surface area contributed by atoms with E-state index in [1.807, 2.05) is 37.3 Å². The quantitative estimate of drug-likeness (QED) is 0.750. The second-order valence-electron chi connectivity index (χ2n) is 5.90. The molecule has 0 saturated carbocycles. The highest BCUT2D eigenvalue weighted by atomic mass is 32.1. The third-order valence-corrected chi connectivity index (χ3v) is 5.27. The van der Waals surface area contributed by atoms with Gasteiger partial charge in [0, 0.05) is 29.4 Å². The van der Waals surface area contributed by atoms with Crippen LogP contribution in [0.25, 0.3) is 10.6 Å². The van der Waals surface area contributed by atoms with Crippen molar-refractivity contribution < 1.29 is 14.3 Å². The standard InChI is InChI=1S/C19H17N3O3S/c1-12-17(26-19(22-12)14-4-6-20-7-5-14)9-18(23)21-10-13-2-3-15-16(8-13)25-11-24-15/h2-8H,9-11H2,1H3,(H,21,23). The number of amides is 1. The van der Waals surface area contributed by atoms with Gasteiger partial charge in [-0.2, -0.15) is 0 Å². The zero-order valence-corrected chi connectivity index (χ0v) is 15.0. The number of fused-ring (bicyclic) bond motifs is 1. The Bertz CT molecular complexity index is 940. The average Bonchev–Trinajstić information content (AvgIpc) is 3.27. The smallest absolute Gasteiger partial charge is 0.231 e. The monoisotopic (exact) mass is 367 g/mol. The molecule has 1 aromatic carbocycles. The van der Waals surface area contributed by atoms with E-state index in [0.29, 0.717) is 13.0 Å². The van der Waals surface area contributed by atoms with Gasteiger partial charge < -0.3 is 14.8 Å². The Morgan fingerprint density at radius 3 is 2.85 bits per heavy atom. The number of hydrogen-bond donors (Lipinski definition) is 1. The number of aryl methyl sites for hydroxylation is 1. The number of thiazole rings is 1. The molecule has 0 aliphatic carbocycles. The highest BCUT2D eigenvalue weighted by molar-refractivity contribution is 7.15. The lowest BCUT2D eigenvalue weighted by atomic mass is 10.2. The number of carbonyl (C=O) groups is 1. The molecule has 1 aliphatic heterocycles. The van der Waals surface area contributed by atoms with E-state index in [1.165, 1.54) is 0 Å². The van der Waals surface area contributed by atoms with Gasteiger partial charge in [0.2, 0.25) is 12.7 Å². The number of ether oxygens (including phenoxy) is 2. The van der Waals surface area contributed by atoms with Crippen LogP contribution in [0, 0.1) is 6.92 Å². The van der Waals surface area contributed by atoms with Crippen molar-refractivity contribution in [1.29, 1.82) is 0 Å². The Kier molecular flexibility index (Phi) is 4.53. The zero-order chi connectivity index (χ0) is 17.9. The molecule has 6 nitrogen and oxygen atoms in total. The van der Waals surface area contributed by atoms with E-state index in [0.717, 1.165) is 38.2 Å². The van der Waals surface area contributed by atoms with Gasteiger partial charge in [-0.3, -0.25) is 9.78 Å². The van der Waals surface area contributed by atoms with Gasteiger partial charge in [-0.15, -0.1) is 11.3 Å².